The summed E-state index contributed by atoms with van der Waals surface area (Å²) in [6.45, 7) is 10.4. The summed E-state index contributed by atoms with van der Waals surface area (Å²) in [5.74, 6) is 0.825. The number of likely N-dealkylation sites (N-methyl/N-ethyl adjacent to an activating group) is 2. The minimum Gasteiger partial charge on any atom is -0.368 e. The van der Waals surface area contributed by atoms with Crippen LogP contribution < -0.4 is 4.90 Å². The lowest BCUT2D eigenvalue weighted by Gasteiger charge is -2.25. The van der Waals surface area contributed by atoms with E-state index in [0.29, 0.717) is 0 Å². The van der Waals surface area contributed by atoms with Crippen molar-refractivity contribution in [3.63, 3.8) is 0 Å². The Labute approximate surface area is 98.3 Å². The zero-order valence-electron chi connectivity index (χ0n) is 10.8. The number of aryl methyl sites for hydroxylation is 1. The van der Waals surface area contributed by atoms with Gasteiger partial charge in [-0.25, -0.2) is 9.97 Å². The van der Waals surface area contributed by atoms with Gasteiger partial charge in [-0.2, -0.15) is 0 Å². The van der Waals surface area contributed by atoms with Crippen LogP contribution in [0.5, 0.6) is 0 Å². The summed E-state index contributed by atoms with van der Waals surface area (Å²) in [4.78, 5) is 13.1. The van der Waals surface area contributed by atoms with Gasteiger partial charge in [0.15, 0.2) is 0 Å². The highest BCUT2D eigenvalue weighted by Crippen LogP contribution is 2.10. The molecule has 0 aliphatic heterocycles. The highest BCUT2D eigenvalue weighted by Gasteiger charge is 2.05. The molecule has 0 N–H and O–H groups in total. The van der Waals surface area contributed by atoms with E-state index in [4.69, 9.17) is 0 Å². The van der Waals surface area contributed by atoms with Crippen LogP contribution in [0.3, 0.4) is 0 Å². The fourth-order valence-electron chi connectivity index (χ4n) is 1.47. The van der Waals surface area contributed by atoms with Gasteiger partial charge in [0, 0.05) is 19.6 Å². The summed E-state index contributed by atoms with van der Waals surface area (Å²) in [5, 5.41) is 0. The summed E-state index contributed by atoms with van der Waals surface area (Å²) < 4.78 is 0. The molecule has 0 radical (unpaired) electrons. The van der Waals surface area contributed by atoms with E-state index < -0.39 is 0 Å². The Hall–Kier alpha value is -1.16. The monoisotopic (exact) mass is 222 g/mol. The smallest absolute Gasteiger partial charge is 0.125 e. The Bertz CT molecular complexity index is 296. The van der Waals surface area contributed by atoms with Crippen LogP contribution in [0.25, 0.3) is 0 Å². The molecule has 0 unspecified atom stereocenters. The van der Waals surface area contributed by atoms with Crippen molar-refractivity contribution in [2.75, 3.05) is 38.1 Å². The lowest BCUT2D eigenvalue weighted by molar-refractivity contribution is 0.359. The Morgan fingerprint density at radius 1 is 1.06 bits per heavy atom. The fourth-order valence-corrected chi connectivity index (χ4v) is 1.47. The molecule has 16 heavy (non-hydrogen) atoms. The van der Waals surface area contributed by atoms with E-state index in [-0.39, 0.29) is 0 Å². The van der Waals surface area contributed by atoms with Crippen LogP contribution >= 0.6 is 0 Å². The second-order valence-electron chi connectivity index (χ2n) is 3.96. The first-order chi connectivity index (χ1) is 7.67. The van der Waals surface area contributed by atoms with Crippen molar-refractivity contribution in [2.45, 2.75) is 20.8 Å². The summed E-state index contributed by atoms with van der Waals surface area (Å²) in [5.41, 5.74) is 1.11. The number of nitrogens with zero attached hydrogens (tertiary/aromatic N) is 4. The van der Waals surface area contributed by atoms with E-state index in [0.717, 1.165) is 37.7 Å². The van der Waals surface area contributed by atoms with Crippen LogP contribution in [0.2, 0.25) is 0 Å². The van der Waals surface area contributed by atoms with Gasteiger partial charge < -0.3 is 9.80 Å². The number of anilines is 1. The summed E-state index contributed by atoms with van der Waals surface area (Å²) in [6.07, 6.45) is 3.80. The first-order valence-electron chi connectivity index (χ1n) is 5.89. The highest BCUT2D eigenvalue weighted by molar-refractivity contribution is 5.41. The molecule has 1 rings (SSSR count). The number of rotatable bonds is 6. The van der Waals surface area contributed by atoms with Crippen molar-refractivity contribution >= 4 is 5.69 Å². The molecule has 0 aromatic carbocycles. The molecule has 0 aliphatic rings. The molecule has 0 amide bonds. The average molecular weight is 222 g/mol. The Morgan fingerprint density at radius 2 is 1.69 bits per heavy atom. The Kier molecular flexibility index (Phi) is 5.19. The van der Waals surface area contributed by atoms with E-state index in [1.807, 2.05) is 19.3 Å². The molecular weight excluding hydrogens is 200 g/mol. The van der Waals surface area contributed by atoms with Crippen molar-refractivity contribution in [1.29, 1.82) is 0 Å². The zero-order valence-corrected chi connectivity index (χ0v) is 10.8. The molecule has 90 valence electrons. The predicted molar refractivity (Wildman–Crippen MR) is 67.8 cm³/mol. The van der Waals surface area contributed by atoms with Gasteiger partial charge >= 0.3 is 0 Å². The van der Waals surface area contributed by atoms with Crippen molar-refractivity contribution in [1.82, 2.24) is 14.9 Å². The number of hydrogen-bond acceptors (Lipinski definition) is 4. The maximum Gasteiger partial charge on any atom is 0.125 e. The third-order valence-electron chi connectivity index (χ3n) is 2.81. The van der Waals surface area contributed by atoms with Gasteiger partial charge in [-0.3, -0.25) is 0 Å². The third-order valence-corrected chi connectivity index (χ3v) is 2.81. The summed E-state index contributed by atoms with van der Waals surface area (Å²) >= 11 is 0. The highest BCUT2D eigenvalue weighted by atomic mass is 15.2. The number of hydrogen-bond donors (Lipinski definition) is 0. The van der Waals surface area contributed by atoms with Crippen molar-refractivity contribution in [2.24, 2.45) is 0 Å². The van der Waals surface area contributed by atoms with Gasteiger partial charge in [0.05, 0.1) is 18.1 Å². The fraction of sp³-hybridized carbons (Fsp3) is 0.667. The molecule has 0 aliphatic carbocycles. The van der Waals surface area contributed by atoms with Crippen molar-refractivity contribution in [3.8, 4) is 0 Å². The maximum atomic E-state index is 4.23. The number of aromatic nitrogens is 2. The van der Waals surface area contributed by atoms with Gasteiger partial charge in [0.2, 0.25) is 0 Å². The van der Waals surface area contributed by atoms with E-state index >= 15 is 0 Å². The molecule has 0 bridgehead atoms. The van der Waals surface area contributed by atoms with Gasteiger partial charge in [-0.1, -0.05) is 6.92 Å². The second-order valence-corrected chi connectivity index (χ2v) is 3.96. The molecule has 0 saturated carbocycles. The minimum absolute atomic E-state index is 0.825. The molecule has 4 heteroatoms. The molecular formula is C12H22N4. The lowest BCUT2D eigenvalue weighted by Crippen LogP contribution is -2.33. The molecule has 1 heterocycles. The van der Waals surface area contributed by atoms with Crippen LogP contribution in [0.1, 0.15) is 19.7 Å². The van der Waals surface area contributed by atoms with Crippen LogP contribution in [-0.4, -0.2) is 48.1 Å². The lowest BCUT2D eigenvalue weighted by atomic mass is 10.4. The normalized spacial score (nSPS) is 10.8. The van der Waals surface area contributed by atoms with Crippen LogP contribution in [-0.2, 0) is 0 Å². The molecule has 0 spiro atoms. The van der Waals surface area contributed by atoms with Gasteiger partial charge in [-0.15, -0.1) is 0 Å². The standard InChI is InChI=1S/C12H22N4/c1-5-15(4)7-8-16(6-2)12-9-13-11(3)14-10-12/h9-10H,5-8H2,1-4H3. The molecule has 1 aromatic rings. The molecule has 4 nitrogen and oxygen atoms in total. The first kappa shape index (κ1) is 12.9. The summed E-state index contributed by atoms with van der Waals surface area (Å²) in [6, 6.07) is 0. The van der Waals surface area contributed by atoms with Crippen LogP contribution in [0.4, 0.5) is 5.69 Å². The van der Waals surface area contributed by atoms with Crippen LogP contribution in [0, 0.1) is 6.92 Å². The van der Waals surface area contributed by atoms with Crippen LogP contribution in [0.15, 0.2) is 12.4 Å². The molecule has 0 atom stereocenters. The van der Waals surface area contributed by atoms with Gasteiger partial charge in [0.25, 0.3) is 0 Å². The maximum absolute atomic E-state index is 4.23. The predicted octanol–water partition coefficient (Wildman–Crippen LogP) is 1.56. The molecule has 1 aromatic heterocycles. The zero-order chi connectivity index (χ0) is 12.0. The van der Waals surface area contributed by atoms with Crippen molar-refractivity contribution < 1.29 is 0 Å². The SMILES string of the molecule is CCN(C)CCN(CC)c1cnc(C)nc1. The van der Waals surface area contributed by atoms with E-state index in [1.165, 1.54) is 0 Å². The topological polar surface area (TPSA) is 32.3 Å². The van der Waals surface area contributed by atoms with Gasteiger partial charge in [0.1, 0.15) is 5.82 Å². The third kappa shape index (κ3) is 3.77. The largest absolute Gasteiger partial charge is 0.368 e. The first-order valence-corrected chi connectivity index (χ1v) is 5.89. The summed E-state index contributed by atoms with van der Waals surface area (Å²) in [7, 11) is 2.14. The van der Waals surface area contributed by atoms with E-state index in [2.05, 4.69) is 40.7 Å². The second kappa shape index (κ2) is 6.43. The van der Waals surface area contributed by atoms with Gasteiger partial charge in [-0.05, 0) is 27.4 Å². The average Bonchev–Trinajstić information content (AvgIpc) is 2.31. The molecule has 0 fully saturated rings. The van der Waals surface area contributed by atoms with Crippen molar-refractivity contribution in [3.05, 3.63) is 18.2 Å². The molecule has 0 saturated heterocycles. The quantitative estimate of drug-likeness (QED) is 0.731. The van der Waals surface area contributed by atoms with E-state index in [1.54, 1.807) is 0 Å². The van der Waals surface area contributed by atoms with E-state index in [9.17, 15) is 0 Å². The Balaban J connectivity index is 2.57. The minimum atomic E-state index is 0.825. The Morgan fingerprint density at radius 3 is 2.19 bits per heavy atom.